The van der Waals surface area contributed by atoms with Gasteiger partial charge in [0.2, 0.25) is 0 Å². The fourth-order valence-electron chi connectivity index (χ4n) is 1.23. The van der Waals surface area contributed by atoms with Gasteiger partial charge in [-0.3, -0.25) is 14.9 Å². The summed E-state index contributed by atoms with van der Waals surface area (Å²) in [6.07, 6.45) is 0. The Bertz CT molecular complexity index is 476. The van der Waals surface area contributed by atoms with Crippen LogP contribution in [0.15, 0.2) is 12.1 Å². The number of nitro benzene ring substituents is 1. The molecule has 6 nitrogen and oxygen atoms in total. The Morgan fingerprint density at radius 2 is 2.18 bits per heavy atom. The predicted octanol–water partition coefficient (Wildman–Crippen LogP) is 1.93. The molecule has 1 unspecified atom stereocenters. The Kier molecular flexibility index (Phi) is 3.62. The summed E-state index contributed by atoms with van der Waals surface area (Å²) in [6, 6.07) is 0.984. The molecule has 17 heavy (non-hydrogen) atoms. The Balaban J connectivity index is 3.17. The van der Waals surface area contributed by atoms with Crippen LogP contribution in [0.1, 0.15) is 12.5 Å². The highest BCUT2D eigenvalue weighted by molar-refractivity contribution is 5.78. The van der Waals surface area contributed by atoms with Crippen molar-refractivity contribution in [2.45, 2.75) is 19.9 Å². The number of rotatable bonds is 4. The van der Waals surface area contributed by atoms with Crippen LogP contribution in [-0.2, 0) is 4.79 Å². The van der Waals surface area contributed by atoms with Crippen molar-refractivity contribution in [3.05, 3.63) is 33.6 Å². The van der Waals surface area contributed by atoms with Gasteiger partial charge in [0.1, 0.15) is 17.5 Å². The maximum atomic E-state index is 13.2. The summed E-state index contributed by atoms with van der Waals surface area (Å²) in [7, 11) is 0. The van der Waals surface area contributed by atoms with E-state index >= 15 is 0 Å². The van der Waals surface area contributed by atoms with E-state index in [1.807, 2.05) is 0 Å². The van der Waals surface area contributed by atoms with Crippen molar-refractivity contribution in [3.63, 3.8) is 0 Å². The number of nitrogens with zero attached hydrogens (tertiary/aromatic N) is 1. The van der Waals surface area contributed by atoms with E-state index in [2.05, 4.69) is 5.32 Å². The monoisotopic (exact) mass is 242 g/mol. The third kappa shape index (κ3) is 2.90. The number of carbonyl (C=O) groups is 1. The summed E-state index contributed by atoms with van der Waals surface area (Å²) >= 11 is 0. The molecule has 0 aliphatic heterocycles. The molecule has 1 rings (SSSR count). The van der Waals surface area contributed by atoms with Crippen LogP contribution in [0.5, 0.6) is 0 Å². The molecular formula is C10H11FN2O4. The molecule has 0 bridgehead atoms. The highest BCUT2D eigenvalue weighted by Gasteiger charge is 2.20. The highest BCUT2D eigenvalue weighted by Crippen LogP contribution is 2.27. The topological polar surface area (TPSA) is 92.5 Å². The molecule has 1 aromatic carbocycles. The maximum Gasteiger partial charge on any atom is 0.325 e. The number of aliphatic carboxylic acids is 1. The summed E-state index contributed by atoms with van der Waals surface area (Å²) < 4.78 is 13.2. The van der Waals surface area contributed by atoms with Crippen LogP contribution in [-0.4, -0.2) is 22.0 Å². The van der Waals surface area contributed by atoms with Gasteiger partial charge in [0.05, 0.1) is 11.0 Å². The molecule has 1 atom stereocenters. The third-order valence-corrected chi connectivity index (χ3v) is 2.22. The number of nitrogens with one attached hydrogen (secondary N) is 1. The minimum absolute atomic E-state index is 0.0104. The third-order valence-electron chi connectivity index (χ3n) is 2.22. The lowest BCUT2D eigenvalue weighted by Gasteiger charge is -2.11. The molecule has 0 aromatic heterocycles. The molecule has 0 saturated carbocycles. The lowest BCUT2D eigenvalue weighted by Crippen LogP contribution is -2.25. The molecule has 0 aliphatic carbocycles. The number of carboxylic acid groups (broad SMARTS) is 1. The normalized spacial score (nSPS) is 11.9. The summed E-state index contributed by atoms with van der Waals surface area (Å²) in [4.78, 5) is 20.6. The molecule has 7 heteroatoms. The van der Waals surface area contributed by atoms with Crippen molar-refractivity contribution in [2.75, 3.05) is 5.32 Å². The van der Waals surface area contributed by atoms with Gasteiger partial charge in [-0.05, 0) is 25.5 Å². The number of halogens is 1. The zero-order chi connectivity index (χ0) is 13.2. The quantitative estimate of drug-likeness (QED) is 0.621. The number of benzene rings is 1. The van der Waals surface area contributed by atoms with Gasteiger partial charge in [0.25, 0.3) is 5.69 Å². The zero-order valence-electron chi connectivity index (χ0n) is 9.23. The van der Waals surface area contributed by atoms with Crippen LogP contribution >= 0.6 is 0 Å². The van der Waals surface area contributed by atoms with Gasteiger partial charge in [0.15, 0.2) is 0 Å². The molecule has 0 saturated heterocycles. The van der Waals surface area contributed by atoms with Crippen molar-refractivity contribution in [1.82, 2.24) is 0 Å². The van der Waals surface area contributed by atoms with Crippen LogP contribution in [0.2, 0.25) is 0 Å². The zero-order valence-corrected chi connectivity index (χ0v) is 9.23. The largest absolute Gasteiger partial charge is 0.480 e. The van der Waals surface area contributed by atoms with Crippen LogP contribution < -0.4 is 5.32 Å². The second kappa shape index (κ2) is 4.77. The van der Waals surface area contributed by atoms with Gasteiger partial charge in [-0.25, -0.2) is 4.39 Å². The molecule has 92 valence electrons. The average molecular weight is 242 g/mol. The smallest absolute Gasteiger partial charge is 0.325 e. The molecule has 2 N–H and O–H groups in total. The van der Waals surface area contributed by atoms with E-state index in [9.17, 15) is 19.3 Å². The van der Waals surface area contributed by atoms with Gasteiger partial charge in [-0.1, -0.05) is 0 Å². The summed E-state index contributed by atoms with van der Waals surface area (Å²) in [5.41, 5.74) is -0.291. The van der Waals surface area contributed by atoms with E-state index in [0.29, 0.717) is 0 Å². The highest BCUT2D eigenvalue weighted by atomic mass is 19.1. The minimum atomic E-state index is -1.15. The van der Waals surface area contributed by atoms with Gasteiger partial charge in [-0.15, -0.1) is 0 Å². The SMILES string of the molecule is Cc1cc(NC(C)C(=O)O)c([N+](=O)[O-])cc1F. The van der Waals surface area contributed by atoms with E-state index in [1.54, 1.807) is 0 Å². The Hall–Kier alpha value is -2.18. The Morgan fingerprint density at radius 3 is 2.65 bits per heavy atom. The second-order valence-electron chi connectivity index (χ2n) is 3.58. The second-order valence-corrected chi connectivity index (χ2v) is 3.58. The van der Waals surface area contributed by atoms with E-state index in [-0.39, 0.29) is 11.3 Å². The first-order valence-electron chi connectivity index (χ1n) is 4.76. The van der Waals surface area contributed by atoms with Crippen molar-refractivity contribution >= 4 is 17.3 Å². The predicted molar refractivity (Wildman–Crippen MR) is 58.5 cm³/mol. The first kappa shape index (κ1) is 12.9. The van der Waals surface area contributed by atoms with E-state index in [1.165, 1.54) is 19.9 Å². The number of carboxylic acids is 1. The number of nitro groups is 1. The van der Waals surface area contributed by atoms with E-state index < -0.39 is 28.4 Å². The Morgan fingerprint density at radius 1 is 1.59 bits per heavy atom. The molecule has 0 amide bonds. The van der Waals surface area contributed by atoms with Gasteiger partial charge >= 0.3 is 5.97 Å². The van der Waals surface area contributed by atoms with Crippen molar-refractivity contribution in [1.29, 1.82) is 0 Å². The van der Waals surface area contributed by atoms with Crippen molar-refractivity contribution in [2.24, 2.45) is 0 Å². The lowest BCUT2D eigenvalue weighted by molar-refractivity contribution is -0.384. The van der Waals surface area contributed by atoms with Gasteiger partial charge < -0.3 is 10.4 Å². The first-order valence-corrected chi connectivity index (χ1v) is 4.76. The van der Waals surface area contributed by atoms with E-state index in [0.717, 1.165) is 6.07 Å². The number of hydrogen-bond acceptors (Lipinski definition) is 4. The lowest BCUT2D eigenvalue weighted by atomic mass is 10.1. The molecule has 0 heterocycles. The maximum absolute atomic E-state index is 13.2. The molecule has 1 aromatic rings. The van der Waals surface area contributed by atoms with Crippen LogP contribution in [0, 0.1) is 22.9 Å². The van der Waals surface area contributed by atoms with Crippen LogP contribution in [0.4, 0.5) is 15.8 Å². The van der Waals surface area contributed by atoms with Crippen molar-refractivity contribution in [3.8, 4) is 0 Å². The molecule has 0 radical (unpaired) electrons. The van der Waals surface area contributed by atoms with Crippen LogP contribution in [0.3, 0.4) is 0 Å². The average Bonchev–Trinajstić information content (AvgIpc) is 2.22. The van der Waals surface area contributed by atoms with Gasteiger partial charge in [0, 0.05) is 0 Å². The van der Waals surface area contributed by atoms with Crippen molar-refractivity contribution < 1.29 is 19.2 Å². The first-order chi connectivity index (χ1) is 7.82. The molecule has 0 aliphatic rings. The molecule has 0 fully saturated rings. The number of hydrogen-bond donors (Lipinski definition) is 2. The fraction of sp³-hybridized carbons (Fsp3) is 0.300. The van der Waals surface area contributed by atoms with E-state index in [4.69, 9.17) is 5.11 Å². The molecule has 0 spiro atoms. The standard InChI is InChI=1S/C10H11FN2O4/c1-5-3-8(12-6(2)10(14)15)9(13(16)17)4-7(5)11/h3-4,6,12H,1-2H3,(H,14,15). The van der Waals surface area contributed by atoms with Crippen LogP contribution in [0.25, 0.3) is 0 Å². The summed E-state index contributed by atoms with van der Waals surface area (Å²) in [6.45, 7) is 2.78. The number of aryl methyl sites for hydroxylation is 1. The minimum Gasteiger partial charge on any atom is -0.480 e. The number of anilines is 1. The fourth-order valence-corrected chi connectivity index (χ4v) is 1.23. The van der Waals surface area contributed by atoms with Gasteiger partial charge in [-0.2, -0.15) is 0 Å². The summed E-state index contributed by atoms with van der Waals surface area (Å²) in [5.74, 6) is -1.86. The molecular weight excluding hydrogens is 231 g/mol. The summed E-state index contributed by atoms with van der Waals surface area (Å²) in [5, 5.41) is 21.8. The Labute approximate surface area is 96.2 Å².